The number of sulfonamides is 1. The van der Waals surface area contributed by atoms with Crippen molar-refractivity contribution >= 4 is 27.5 Å². The predicted molar refractivity (Wildman–Crippen MR) is 94.8 cm³/mol. The number of hydrogen-bond acceptors (Lipinski definition) is 6. The van der Waals surface area contributed by atoms with Crippen molar-refractivity contribution in [1.82, 2.24) is 19.2 Å². The fourth-order valence-corrected chi connectivity index (χ4v) is 5.19. The first-order valence-corrected chi connectivity index (χ1v) is 10.3. The second-order valence-corrected chi connectivity index (χ2v) is 8.83. The summed E-state index contributed by atoms with van der Waals surface area (Å²) in [5.74, 6) is -0.320. The molecule has 134 valence electrons. The number of benzene rings is 1. The fraction of sp³-hybridized carbons (Fsp3) is 0.438. The molecular formula is C16H20N4O3S2. The van der Waals surface area contributed by atoms with E-state index < -0.39 is 10.0 Å². The van der Waals surface area contributed by atoms with Crippen molar-refractivity contribution in [1.29, 1.82) is 0 Å². The Morgan fingerprint density at radius 2 is 2.24 bits per heavy atom. The average Bonchev–Trinajstić information content (AvgIpc) is 3.21. The number of hydrogen-bond donors (Lipinski definition) is 1. The molecule has 25 heavy (non-hydrogen) atoms. The van der Waals surface area contributed by atoms with E-state index in [1.165, 1.54) is 28.0 Å². The van der Waals surface area contributed by atoms with E-state index in [4.69, 9.17) is 0 Å². The molecule has 2 aromatic rings. The summed E-state index contributed by atoms with van der Waals surface area (Å²) < 4.78 is 30.9. The van der Waals surface area contributed by atoms with Gasteiger partial charge in [0.1, 0.15) is 0 Å². The molecule has 1 amide bonds. The smallest absolute Gasteiger partial charge is 0.251 e. The molecule has 7 nitrogen and oxygen atoms in total. The summed E-state index contributed by atoms with van der Waals surface area (Å²) in [6.45, 7) is 4.59. The molecule has 0 bridgehead atoms. The molecule has 1 aromatic heterocycles. The van der Waals surface area contributed by atoms with Crippen LogP contribution in [0.3, 0.4) is 0 Å². The summed E-state index contributed by atoms with van der Waals surface area (Å²) in [5.41, 5.74) is 1.10. The molecule has 1 aromatic carbocycles. The van der Waals surface area contributed by atoms with Gasteiger partial charge < -0.3 is 5.32 Å². The van der Waals surface area contributed by atoms with E-state index >= 15 is 0 Å². The Kier molecular flexibility index (Phi) is 5.16. The molecule has 1 fully saturated rings. The Morgan fingerprint density at radius 1 is 1.44 bits per heavy atom. The number of amides is 1. The monoisotopic (exact) mass is 380 g/mol. The molecule has 0 saturated carbocycles. The summed E-state index contributed by atoms with van der Waals surface area (Å²) in [5, 5.41) is 6.68. The van der Waals surface area contributed by atoms with Gasteiger partial charge in [-0.1, -0.05) is 10.6 Å². The minimum absolute atomic E-state index is 0.00992. The number of aromatic nitrogens is 2. The van der Waals surface area contributed by atoms with Crippen molar-refractivity contribution in [3.05, 3.63) is 40.4 Å². The second kappa shape index (κ2) is 7.19. The Morgan fingerprint density at radius 3 is 2.88 bits per heavy atom. The van der Waals surface area contributed by atoms with Gasteiger partial charge in [-0.15, -0.1) is 5.10 Å². The van der Waals surface area contributed by atoms with Gasteiger partial charge in [0.05, 0.1) is 22.0 Å². The third-order valence-electron chi connectivity index (χ3n) is 4.35. The minimum atomic E-state index is -3.57. The van der Waals surface area contributed by atoms with Crippen LogP contribution in [0.15, 0.2) is 29.2 Å². The summed E-state index contributed by atoms with van der Waals surface area (Å²) in [4.78, 5) is 13.4. The van der Waals surface area contributed by atoms with E-state index in [0.717, 1.165) is 23.4 Å². The lowest BCUT2D eigenvalue weighted by molar-refractivity contribution is 0.0951. The van der Waals surface area contributed by atoms with Crippen LogP contribution in [0.25, 0.3) is 0 Å². The van der Waals surface area contributed by atoms with Gasteiger partial charge in [-0.25, -0.2) is 8.42 Å². The molecule has 2 heterocycles. The fourth-order valence-electron chi connectivity index (χ4n) is 2.87. The molecule has 0 unspecified atom stereocenters. The van der Waals surface area contributed by atoms with Gasteiger partial charge >= 0.3 is 0 Å². The van der Waals surface area contributed by atoms with Crippen LogP contribution in [-0.2, 0) is 16.6 Å². The van der Waals surface area contributed by atoms with Crippen molar-refractivity contribution in [3.8, 4) is 0 Å². The van der Waals surface area contributed by atoms with E-state index in [1.54, 1.807) is 12.1 Å². The SMILES string of the molecule is Cc1nnsc1CNC(=O)c1cccc(S(=O)(=O)N2CCC[C@@H]2C)c1. The van der Waals surface area contributed by atoms with Crippen LogP contribution in [0.4, 0.5) is 0 Å². The standard InChI is InChI=1S/C16H20N4O3S2/c1-11-5-4-8-20(11)25(22,23)14-7-3-6-13(9-14)16(21)17-10-15-12(2)18-19-24-15/h3,6-7,9,11H,4-5,8,10H2,1-2H3,(H,17,21)/t11-/m0/s1. The number of rotatable bonds is 5. The molecule has 1 atom stereocenters. The normalized spacial score (nSPS) is 18.4. The van der Waals surface area contributed by atoms with E-state index in [1.807, 2.05) is 13.8 Å². The van der Waals surface area contributed by atoms with Crippen LogP contribution in [-0.4, -0.2) is 40.8 Å². The number of nitrogens with one attached hydrogen (secondary N) is 1. The van der Waals surface area contributed by atoms with Crippen molar-refractivity contribution in [3.63, 3.8) is 0 Å². The zero-order valence-corrected chi connectivity index (χ0v) is 15.7. The van der Waals surface area contributed by atoms with Gasteiger partial charge in [-0.2, -0.15) is 4.31 Å². The van der Waals surface area contributed by atoms with Crippen LogP contribution in [0, 0.1) is 6.92 Å². The van der Waals surface area contributed by atoms with E-state index in [2.05, 4.69) is 14.9 Å². The highest BCUT2D eigenvalue weighted by molar-refractivity contribution is 7.89. The quantitative estimate of drug-likeness (QED) is 0.856. The molecule has 0 radical (unpaired) electrons. The Hall–Kier alpha value is -1.84. The second-order valence-electron chi connectivity index (χ2n) is 6.10. The first-order valence-electron chi connectivity index (χ1n) is 8.07. The van der Waals surface area contributed by atoms with Crippen LogP contribution in [0.5, 0.6) is 0 Å². The highest BCUT2D eigenvalue weighted by Gasteiger charge is 2.32. The lowest BCUT2D eigenvalue weighted by Crippen LogP contribution is -2.33. The molecule has 0 spiro atoms. The molecule has 1 aliphatic heterocycles. The molecule has 3 rings (SSSR count). The summed E-state index contributed by atoms with van der Waals surface area (Å²) >= 11 is 1.23. The van der Waals surface area contributed by atoms with Gasteiger partial charge in [-0.05, 0) is 56.4 Å². The largest absolute Gasteiger partial charge is 0.347 e. The Bertz CT molecular complexity index is 879. The molecule has 0 aliphatic carbocycles. The summed E-state index contributed by atoms with van der Waals surface area (Å²) in [6.07, 6.45) is 1.73. The van der Waals surface area contributed by atoms with Crippen molar-refractivity contribution in [2.75, 3.05) is 6.54 Å². The number of carbonyl (C=O) groups is 1. The maximum Gasteiger partial charge on any atom is 0.251 e. The third-order valence-corrected chi connectivity index (χ3v) is 7.18. The lowest BCUT2D eigenvalue weighted by Gasteiger charge is -2.21. The number of nitrogens with zero attached hydrogens (tertiary/aromatic N) is 3. The number of aryl methyl sites for hydroxylation is 1. The highest BCUT2D eigenvalue weighted by Crippen LogP contribution is 2.26. The average molecular weight is 380 g/mol. The van der Waals surface area contributed by atoms with E-state index in [0.29, 0.717) is 18.7 Å². The topological polar surface area (TPSA) is 92.3 Å². The van der Waals surface area contributed by atoms with Crippen LogP contribution in [0.1, 0.15) is 40.7 Å². The van der Waals surface area contributed by atoms with E-state index in [-0.39, 0.29) is 16.8 Å². The zero-order chi connectivity index (χ0) is 18.0. The molecule has 1 saturated heterocycles. The Balaban J connectivity index is 1.77. The summed E-state index contributed by atoms with van der Waals surface area (Å²) in [6, 6.07) is 6.17. The predicted octanol–water partition coefficient (Wildman–Crippen LogP) is 1.95. The molecule has 1 N–H and O–H groups in total. The van der Waals surface area contributed by atoms with Crippen LogP contribution >= 0.6 is 11.5 Å². The highest BCUT2D eigenvalue weighted by atomic mass is 32.2. The minimum Gasteiger partial charge on any atom is -0.347 e. The van der Waals surface area contributed by atoms with Crippen LogP contribution in [0.2, 0.25) is 0 Å². The molecule has 1 aliphatic rings. The first kappa shape index (κ1) is 18.0. The van der Waals surface area contributed by atoms with Crippen LogP contribution < -0.4 is 5.32 Å². The Labute approximate surface area is 151 Å². The maximum atomic E-state index is 12.8. The zero-order valence-electron chi connectivity index (χ0n) is 14.1. The third kappa shape index (κ3) is 3.73. The number of carbonyl (C=O) groups excluding carboxylic acids is 1. The first-order chi connectivity index (χ1) is 11.9. The van der Waals surface area contributed by atoms with Crippen molar-refractivity contribution in [2.45, 2.75) is 44.2 Å². The van der Waals surface area contributed by atoms with E-state index in [9.17, 15) is 13.2 Å². The van der Waals surface area contributed by atoms with Crippen molar-refractivity contribution in [2.24, 2.45) is 0 Å². The lowest BCUT2D eigenvalue weighted by atomic mass is 10.2. The maximum absolute atomic E-state index is 12.8. The van der Waals surface area contributed by atoms with Gasteiger partial charge in [0, 0.05) is 18.2 Å². The van der Waals surface area contributed by atoms with Gasteiger partial charge in [0.15, 0.2) is 0 Å². The summed E-state index contributed by atoms with van der Waals surface area (Å²) in [7, 11) is -3.57. The van der Waals surface area contributed by atoms with Gasteiger partial charge in [0.2, 0.25) is 10.0 Å². The molecular weight excluding hydrogens is 360 g/mol. The molecule has 9 heteroatoms. The van der Waals surface area contributed by atoms with Crippen molar-refractivity contribution < 1.29 is 13.2 Å². The van der Waals surface area contributed by atoms with Gasteiger partial charge in [-0.3, -0.25) is 4.79 Å². The van der Waals surface area contributed by atoms with Gasteiger partial charge in [0.25, 0.3) is 5.91 Å².